The third-order valence-electron chi connectivity index (χ3n) is 2.27. The van der Waals surface area contributed by atoms with Gasteiger partial charge in [0.15, 0.2) is 0 Å². The first-order valence-corrected chi connectivity index (χ1v) is 4.98. The Kier molecular flexibility index (Phi) is 4.09. The second-order valence-electron chi connectivity index (χ2n) is 3.39. The third kappa shape index (κ3) is 3.23. The molecule has 0 fully saturated rings. The lowest BCUT2D eigenvalue weighted by molar-refractivity contribution is -0.119. The monoisotopic (exact) mass is 208 g/mol. The summed E-state index contributed by atoms with van der Waals surface area (Å²) in [6.45, 7) is 3.88. The molecule has 0 spiro atoms. The molecule has 1 aromatic heterocycles. The van der Waals surface area contributed by atoms with Crippen LogP contribution in [0.1, 0.15) is 20.3 Å². The molecule has 0 aliphatic rings. The molecule has 15 heavy (non-hydrogen) atoms. The van der Waals surface area contributed by atoms with E-state index in [1.54, 1.807) is 25.4 Å². The van der Waals surface area contributed by atoms with E-state index in [1.165, 1.54) is 0 Å². The lowest BCUT2D eigenvalue weighted by Crippen LogP contribution is -2.19. The molecule has 4 nitrogen and oxygen atoms in total. The van der Waals surface area contributed by atoms with Crippen LogP contribution < -0.4 is 10.1 Å². The van der Waals surface area contributed by atoms with Crippen molar-refractivity contribution in [3.63, 3.8) is 0 Å². The van der Waals surface area contributed by atoms with Crippen LogP contribution in [-0.4, -0.2) is 18.0 Å². The Morgan fingerprint density at radius 2 is 2.33 bits per heavy atom. The average Bonchev–Trinajstić information content (AvgIpc) is 2.29. The molecule has 0 bridgehead atoms. The number of nitrogens with zero attached hydrogens (tertiary/aromatic N) is 1. The Morgan fingerprint density at radius 1 is 1.60 bits per heavy atom. The Balaban J connectivity index is 2.61. The zero-order valence-corrected chi connectivity index (χ0v) is 9.28. The SMILES string of the molecule is CC[C@H](C)C(=O)Nc1ccc(OC)nc1. The van der Waals surface area contributed by atoms with Crippen molar-refractivity contribution in [2.45, 2.75) is 20.3 Å². The molecule has 82 valence electrons. The number of methoxy groups -OCH3 is 1. The van der Waals surface area contributed by atoms with E-state index in [1.807, 2.05) is 13.8 Å². The number of hydrogen-bond donors (Lipinski definition) is 1. The van der Waals surface area contributed by atoms with Gasteiger partial charge in [-0.1, -0.05) is 13.8 Å². The first-order valence-electron chi connectivity index (χ1n) is 4.98. The van der Waals surface area contributed by atoms with E-state index >= 15 is 0 Å². The van der Waals surface area contributed by atoms with Gasteiger partial charge in [0.2, 0.25) is 11.8 Å². The molecule has 0 aliphatic carbocycles. The third-order valence-corrected chi connectivity index (χ3v) is 2.27. The Labute approximate surface area is 89.7 Å². The molecule has 1 rings (SSSR count). The van der Waals surface area contributed by atoms with Crippen LogP contribution in [0.5, 0.6) is 5.88 Å². The van der Waals surface area contributed by atoms with E-state index in [2.05, 4.69) is 10.3 Å². The fourth-order valence-electron chi connectivity index (χ4n) is 1.03. The maximum Gasteiger partial charge on any atom is 0.227 e. The molecular formula is C11H16N2O2. The van der Waals surface area contributed by atoms with E-state index < -0.39 is 0 Å². The van der Waals surface area contributed by atoms with Gasteiger partial charge in [0.1, 0.15) is 0 Å². The minimum Gasteiger partial charge on any atom is -0.481 e. The van der Waals surface area contributed by atoms with Crippen LogP contribution in [0.4, 0.5) is 5.69 Å². The Morgan fingerprint density at radius 3 is 2.80 bits per heavy atom. The number of aromatic nitrogens is 1. The molecule has 0 aliphatic heterocycles. The summed E-state index contributed by atoms with van der Waals surface area (Å²) >= 11 is 0. The first-order chi connectivity index (χ1) is 7.17. The van der Waals surface area contributed by atoms with Gasteiger partial charge in [0.05, 0.1) is 19.0 Å². The van der Waals surface area contributed by atoms with Gasteiger partial charge in [0.25, 0.3) is 0 Å². The number of carbonyl (C=O) groups is 1. The fourth-order valence-corrected chi connectivity index (χ4v) is 1.03. The van der Waals surface area contributed by atoms with Crippen LogP contribution in [0.3, 0.4) is 0 Å². The number of ether oxygens (including phenoxy) is 1. The van der Waals surface area contributed by atoms with Crippen LogP contribution in [0, 0.1) is 5.92 Å². The summed E-state index contributed by atoms with van der Waals surface area (Å²) in [4.78, 5) is 15.5. The van der Waals surface area contributed by atoms with Crippen LogP contribution >= 0.6 is 0 Å². The maximum atomic E-state index is 11.5. The summed E-state index contributed by atoms with van der Waals surface area (Å²) in [5.74, 6) is 0.577. The maximum absolute atomic E-state index is 11.5. The van der Waals surface area contributed by atoms with E-state index in [4.69, 9.17) is 4.74 Å². The highest BCUT2D eigenvalue weighted by molar-refractivity contribution is 5.92. The molecule has 0 unspecified atom stereocenters. The zero-order valence-electron chi connectivity index (χ0n) is 9.28. The van der Waals surface area contributed by atoms with Crippen molar-refractivity contribution in [1.29, 1.82) is 0 Å². The van der Waals surface area contributed by atoms with Crippen LogP contribution in [0.2, 0.25) is 0 Å². The molecule has 0 aromatic carbocycles. The van der Waals surface area contributed by atoms with Gasteiger partial charge in [-0.15, -0.1) is 0 Å². The van der Waals surface area contributed by atoms with Gasteiger partial charge in [-0.05, 0) is 12.5 Å². The minimum atomic E-state index is 0.0180. The minimum absolute atomic E-state index is 0.0180. The van der Waals surface area contributed by atoms with Crippen molar-refractivity contribution in [2.24, 2.45) is 5.92 Å². The first kappa shape index (κ1) is 11.5. The van der Waals surface area contributed by atoms with Crippen molar-refractivity contribution in [2.75, 3.05) is 12.4 Å². The molecule has 1 heterocycles. The quantitative estimate of drug-likeness (QED) is 0.824. The van der Waals surface area contributed by atoms with Crippen LogP contribution in [-0.2, 0) is 4.79 Å². The Hall–Kier alpha value is -1.58. The van der Waals surface area contributed by atoms with Crippen molar-refractivity contribution < 1.29 is 9.53 Å². The summed E-state index contributed by atoms with van der Waals surface area (Å²) in [6, 6.07) is 3.48. The summed E-state index contributed by atoms with van der Waals surface area (Å²) in [5.41, 5.74) is 0.695. The van der Waals surface area contributed by atoms with Gasteiger partial charge in [-0.3, -0.25) is 4.79 Å². The summed E-state index contributed by atoms with van der Waals surface area (Å²) in [6.07, 6.45) is 2.41. The van der Waals surface area contributed by atoms with Gasteiger partial charge in [0, 0.05) is 12.0 Å². The molecule has 4 heteroatoms. The number of amides is 1. The van der Waals surface area contributed by atoms with Crippen LogP contribution in [0.15, 0.2) is 18.3 Å². The Bertz CT molecular complexity index is 322. The lowest BCUT2D eigenvalue weighted by atomic mass is 10.1. The smallest absolute Gasteiger partial charge is 0.227 e. The van der Waals surface area contributed by atoms with E-state index in [0.29, 0.717) is 11.6 Å². The second kappa shape index (κ2) is 5.34. The average molecular weight is 208 g/mol. The molecule has 0 radical (unpaired) electrons. The number of rotatable bonds is 4. The second-order valence-corrected chi connectivity index (χ2v) is 3.39. The molecule has 1 N–H and O–H groups in total. The number of hydrogen-bond acceptors (Lipinski definition) is 3. The summed E-state index contributed by atoms with van der Waals surface area (Å²) < 4.78 is 4.92. The van der Waals surface area contributed by atoms with Gasteiger partial charge in [-0.25, -0.2) is 4.98 Å². The van der Waals surface area contributed by atoms with E-state index in [9.17, 15) is 4.79 Å². The number of nitrogens with one attached hydrogen (secondary N) is 1. The highest BCUT2D eigenvalue weighted by Crippen LogP contribution is 2.12. The standard InChI is InChI=1S/C11H16N2O2/c1-4-8(2)11(14)13-9-5-6-10(15-3)12-7-9/h5-8H,4H2,1-3H3,(H,13,14)/t8-/m0/s1. The molecule has 1 amide bonds. The largest absolute Gasteiger partial charge is 0.481 e. The summed E-state index contributed by atoms with van der Waals surface area (Å²) in [7, 11) is 1.56. The molecule has 1 atom stereocenters. The number of carbonyl (C=O) groups excluding carboxylic acids is 1. The number of anilines is 1. The van der Waals surface area contributed by atoms with Gasteiger partial charge < -0.3 is 10.1 Å². The highest BCUT2D eigenvalue weighted by Gasteiger charge is 2.10. The van der Waals surface area contributed by atoms with E-state index in [0.717, 1.165) is 6.42 Å². The molecule has 0 saturated carbocycles. The predicted octanol–water partition coefficient (Wildman–Crippen LogP) is 2.07. The lowest BCUT2D eigenvalue weighted by Gasteiger charge is -2.09. The number of pyridine rings is 1. The molecule has 1 aromatic rings. The topological polar surface area (TPSA) is 51.2 Å². The zero-order chi connectivity index (χ0) is 11.3. The van der Waals surface area contributed by atoms with Crippen molar-refractivity contribution in [3.05, 3.63) is 18.3 Å². The van der Waals surface area contributed by atoms with Gasteiger partial charge >= 0.3 is 0 Å². The van der Waals surface area contributed by atoms with E-state index in [-0.39, 0.29) is 11.8 Å². The molecular weight excluding hydrogens is 192 g/mol. The van der Waals surface area contributed by atoms with Crippen molar-refractivity contribution in [1.82, 2.24) is 4.98 Å². The molecule has 0 saturated heterocycles. The van der Waals surface area contributed by atoms with Crippen molar-refractivity contribution >= 4 is 11.6 Å². The van der Waals surface area contributed by atoms with Crippen LogP contribution in [0.25, 0.3) is 0 Å². The van der Waals surface area contributed by atoms with Gasteiger partial charge in [-0.2, -0.15) is 0 Å². The normalized spacial score (nSPS) is 11.9. The predicted molar refractivity (Wildman–Crippen MR) is 58.9 cm³/mol. The van der Waals surface area contributed by atoms with Crippen molar-refractivity contribution in [3.8, 4) is 5.88 Å². The summed E-state index contributed by atoms with van der Waals surface area (Å²) in [5, 5.41) is 2.79. The fraction of sp³-hybridized carbons (Fsp3) is 0.455. The highest BCUT2D eigenvalue weighted by atomic mass is 16.5.